The third-order valence-electron chi connectivity index (χ3n) is 3.37. The number of piperazine rings is 1. The lowest BCUT2D eigenvalue weighted by Crippen LogP contribution is -2.48. The van der Waals surface area contributed by atoms with Gasteiger partial charge >= 0.3 is 0 Å². The molecular weight excluding hydrogens is 230 g/mol. The third kappa shape index (κ3) is 6.30. The fraction of sp³-hybridized carbons (Fsp3) is 0.917. The second kappa shape index (κ2) is 8.42. The van der Waals surface area contributed by atoms with Gasteiger partial charge in [-0.25, -0.2) is 5.84 Å². The number of carbonyl (C=O) groups excluding carboxylic acids is 1. The molecule has 18 heavy (non-hydrogen) atoms. The largest absolute Gasteiger partial charge is 0.308 e. The number of hydrogen-bond acceptors (Lipinski definition) is 5. The molecule has 0 aromatic heterocycles. The van der Waals surface area contributed by atoms with Gasteiger partial charge in [0.25, 0.3) is 0 Å². The molecule has 0 bridgehead atoms. The van der Waals surface area contributed by atoms with Gasteiger partial charge in [-0.15, -0.1) is 0 Å². The van der Waals surface area contributed by atoms with Crippen LogP contribution in [0.3, 0.4) is 0 Å². The van der Waals surface area contributed by atoms with Crippen molar-refractivity contribution in [2.45, 2.75) is 12.8 Å². The molecule has 1 rings (SSSR count). The smallest absolute Gasteiger partial charge is 0.233 e. The van der Waals surface area contributed by atoms with Crippen molar-refractivity contribution in [3.8, 4) is 0 Å². The first-order chi connectivity index (χ1) is 8.61. The van der Waals surface area contributed by atoms with E-state index in [0.717, 1.165) is 52.2 Å². The van der Waals surface area contributed by atoms with Crippen LogP contribution in [-0.2, 0) is 4.79 Å². The van der Waals surface area contributed by atoms with Crippen LogP contribution >= 0.6 is 0 Å². The van der Waals surface area contributed by atoms with Gasteiger partial charge in [-0.2, -0.15) is 0 Å². The number of amides is 1. The molecule has 1 saturated heterocycles. The highest BCUT2D eigenvalue weighted by molar-refractivity contribution is 5.75. The predicted molar refractivity (Wildman–Crippen MR) is 73.0 cm³/mol. The first-order valence-corrected chi connectivity index (χ1v) is 6.70. The normalized spacial score (nSPS) is 18.2. The van der Waals surface area contributed by atoms with Crippen LogP contribution in [0, 0.1) is 0 Å². The van der Waals surface area contributed by atoms with Crippen LogP contribution < -0.4 is 11.3 Å². The maximum Gasteiger partial charge on any atom is 0.233 e. The molecular formula is C12H27N5O. The minimum absolute atomic E-state index is 0.0698. The molecule has 6 nitrogen and oxygen atoms in total. The van der Waals surface area contributed by atoms with Gasteiger partial charge in [0.15, 0.2) is 0 Å². The zero-order valence-electron chi connectivity index (χ0n) is 11.7. The Kier molecular flexibility index (Phi) is 7.19. The van der Waals surface area contributed by atoms with Crippen LogP contribution in [0.5, 0.6) is 0 Å². The quantitative estimate of drug-likeness (QED) is 0.346. The van der Waals surface area contributed by atoms with Gasteiger partial charge in [-0.1, -0.05) is 0 Å². The van der Waals surface area contributed by atoms with Gasteiger partial charge in [0, 0.05) is 45.7 Å². The first-order valence-electron chi connectivity index (χ1n) is 6.70. The molecule has 0 spiro atoms. The van der Waals surface area contributed by atoms with Crippen molar-refractivity contribution in [1.82, 2.24) is 20.1 Å². The van der Waals surface area contributed by atoms with Crippen LogP contribution in [0.2, 0.25) is 0 Å². The predicted octanol–water partition coefficient (Wildman–Crippen LogP) is -1.06. The average molecular weight is 257 g/mol. The number of hydrogen-bond donors (Lipinski definition) is 2. The molecule has 106 valence electrons. The van der Waals surface area contributed by atoms with Gasteiger partial charge in [-0.05, 0) is 27.1 Å². The zero-order valence-corrected chi connectivity index (χ0v) is 11.7. The van der Waals surface area contributed by atoms with Crippen molar-refractivity contribution in [3.05, 3.63) is 0 Å². The number of likely N-dealkylation sites (N-methyl/N-ethyl adjacent to an activating group) is 1. The summed E-state index contributed by atoms with van der Waals surface area (Å²) in [7, 11) is 4.22. The van der Waals surface area contributed by atoms with Crippen molar-refractivity contribution < 1.29 is 4.79 Å². The van der Waals surface area contributed by atoms with E-state index in [4.69, 9.17) is 5.84 Å². The Bertz CT molecular complexity index is 239. The summed E-state index contributed by atoms with van der Waals surface area (Å²) in [4.78, 5) is 18.1. The van der Waals surface area contributed by atoms with Crippen molar-refractivity contribution in [2.24, 2.45) is 5.84 Å². The molecule has 0 radical (unpaired) electrons. The van der Waals surface area contributed by atoms with E-state index in [2.05, 4.69) is 34.2 Å². The first kappa shape index (κ1) is 15.4. The number of nitrogens with zero attached hydrogens (tertiary/aromatic N) is 3. The Hall–Kier alpha value is -0.690. The fourth-order valence-corrected chi connectivity index (χ4v) is 2.11. The van der Waals surface area contributed by atoms with Crippen LogP contribution in [0.4, 0.5) is 0 Å². The number of hydrazine groups is 1. The van der Waals surface area contributed by atoms with E-state index in [1.807, 2.05) is 0 Å². The zero-order chi connectivity index (χ0) is 13.4. The molecule has 1 aliphatic rings. The maximum atomic E-state index is 11.0. The van der Waals surface area contributed by atoms with Crippen molar-refractivity contribution in [3.63, 3.8) is 0 Å². The van der Waals surface area contributed by atoms with E-state index >= 15 is 0 Å². The lowest BCUT2D eigenvalue weighted by Gasteiger charge is -2.35. The second-order valence-corrected chi connectivity index (χ2v) is 5.16. The molecule has 0 aromatic carbocycles. The molecule has 1 heterocycles. The van der Waals surface area contributed by atoms with Gasteiger partial charge < -0.3 is 9.80 Å². The molecule has 6 heteroatoms. The molecule has 1 fully saturated rings. The van der Waals surface area contributed by atoms with Gasteiger partial charge in [-0.3, -0.25) is 15.1 Å². The van der Waals surface area contributed by atoms with Crippen molar-refractivity contribution in [2.75, 3.05) is 59.9 Å². The van der Waals surface area contributed by atoms with Gasteiger partial charge in [0.2, 0.25) is 5.91 Å². The number of nitrogens with one attached hydrogen (secondary N) is 1. The Labute approximate surface area is 110 Å². The molecule has 0 unspecified atom stereocenters. The van der Waals surface area contributed by atoms with E-state index in [9.17, 15) is 4.79 Å². The summed E-state index contributed by atoms with van der Waals surface area (Å²) in [6.07, 6.45) is 1.41. The van der Waals surface area contributed by atoms with E-state index in [-0.39, 0.29) is 5.91 Å². The lowest BCUT2D eigenvalue weighted by atomic mass is 10.2. The maximum absolute atomic E-state index is 11.0. The molecule has 0 atom stereocenters. The van der Waals surface area contributed by atoms with Crippen molar-refractivity contribution >= 4 is 5.91 Å². The lowest BCUT2D eigenvalue weighted by molar-refractivity contribution is -0.121. The minimum atomic E-state index is -0.0698. The highest BCUT2D eigenvalue weighted by atomic mass is 16.2. The summed E-state index contributed by atoms with van der Waals surface area (Å²) in [5.74, 6) is 4.97. The summed E-state index contributed by atoms with van der Waals surface area (Å²) in [6, 6.07) is 0. The Morgan fingerprint density at radius 1 is 1.17 bits per heavy atom. The van der Waals surface area contributed by atoms with Gasteiger partial charge in [0.05, 0.1) is 0 Å². The number of rotatable bonds is 7. The Morgan fingerprint density at radius 3 is 2.22 bits per heavy atom. The van der Waals surface area contributed by atoms with E-state index in [0.29, 0.717) is 6.42 Å². The second-order valence-electron chi connectivity index (χ2n) is 5.16. The summed E-state index contributed by atoms with van der Waals surface area (Å²) in [6.45, 7) is 7.76. The third-order valence-corrected chi connectivity index (χ3v) is 3.37. The molecule has 1 amide bonds. The standard InChI is InChI=1S/C12H27N5O/c1-15(2)6-7-17-10-8-16(9-11-17)5-3-4-12(18)14-13/h3-11,13H2,1-2H3,(H,14,18). The summed E-state index contributed by atoms with van der Waals surface area (Å²) < 4.78 is 0. The topological polar surface area (TPSA) is 64.8 Å². The van der Waals surface area contributed by atoms with Crippen LogP contribution in [0.15, 0.2) is 0 Å². The van der Waals surface area contributed by atoms with Crippen LogP contribution in [0.25, 0.3) is 0 Å². The van der Waals surface area contributed by atoms with E-state index < -0.39 is 0 Å². The number of carbonyl (C=O) groups is 1. The molecule has 3 N–H and O–H groups in total. The SMILES string of the molecule is CN(C)CCN1CCN(CCCC(=O)NN)CC1. The average Bonchev–Trinajstić information content (AvgIpc) is 2.37. The molecule has 0 aromatic rings. The van der Waals surface area contributed by atoms with E-state index in [1.165, 1.54) is 0 Å². The van der Waals surface area contributed by atoms with E-state index in [1.54, 1.807) is 0 Å². The van der Waals surface area contributed by atoms with Gasteiger partial charge in [0.1, 0.15) is 0 Å². The highest BCUT2D eigenvalue weighted by Gasteiger charge is 2.16. The summed E-state index contributed by atoms with van der Waals surface area (Å²) in [5.41, 5.74) is 2.17. The minimum Gasteiger partial charge on any atom is -0.308 e. The van der Waals surface area contributed by atoms with Crippen LogP contribution in [-0.4, -0.2) is 80.5 Å². The Balaban J connectivity index is 2.06. The summed E-state index contributed by atoms with van der Waals surface area (Å²) >= 11 is 0. The number of nitrogens with two attached hydrogens (primary N) is 1. The Morgan fingerprint density at radius 2 is 1.72 bits per heavy atom. The summed E-state index contributed by atoms with van der Waals surface area (Å²) in [5, 5.41) is 0. The highest BCUT2D eigenvalue weighted by Crippen LogP contribution is 2.03. The van der Waals surface area contributed by atoms with Crippen LogP contribution in [0.1, 0.15) is 12.8 Å². The molecule has 0 saturated carbocycles. The molecule has 0 aliphatic carbocycles. The fourth-order valence-electron chi connectivity index (χ4n) is 2.11. The monoisotopic (exact) mass is 257 g/mol. The molecule has 1 aliphatic heterocycles. The van der Waals surface area contributed by atoms with Crippen molar-refractivity contribution in [1.29, 1.82) is 0 Å².